The fourth-order valence-corrected chi connectivity index (χ4v) is 4.75. The summed E-state index contributed by atoms with van der Waals surface area (Å²) in [7, 11) is 1.49. The van der Waals surface area contributed by atoms with Crippen LogP contribution in [0.4, 0.5) is 0 Å². The van der Waals surface area contributed by atoms with Crippen molar-refractivity contribution in [1.29, 1.82) is 0 Å². The Bertz CT molecular complexity index is 601. The van der Waals surface area contributed by atoms with E-state index < -0.39 is 5.41 Å². The Hall–Kier alpha value is -1.39. The highest BCUT2D eigenvalue weighted by Crippen LogP contribution is 2.66. The van der Waals surface area contributed by atoms with Gasteiger partial charge in [0.1, 0.15) is 11.5 Å². The second kappa shape index (κ2) is 4.31. The molecule has 21 heavy (non-hydrogen) atoms. The number of rotatable bonds is 1. The van der Waals surface area contributed by atoms with Crippen LogP contribution in [-0.4, -0.2) is 30.8 Å². The van der Waals surface area contributed by atoms with Gasteiger partial charge in [-0.3, -0.25) is 9.63 Å². The van der Waals surface area contributed by atoms with E-state index in [1.807, 2.05) is 11.1 Å². The molecule has 1 saturated carbocycles. The first kappa shape index (κ1) is 13.3. The van der Waals surface area contributed by atoms with Gasteiger partial charge in [0.15, 0.2) is 0 Å². The summed E-state index contributed by atoms with van der Waals surface area (Å²) in [5.41, 5.74) is 2.01. The Morgan fingerprint density at radius 3 is 2.90 bits per heavy atom. The molecule has 0 bridgehead atoms. The molecule has 4 rings (SSSR count). The third-order valence-electron chi connectivity index (χ3n) is 5.97. The lowest BCUT2D eigenvalue weighted by atomic mass is 9.49. The van der Waals surface area contributed by atoms with E-state index in [9.17, 15) is 4.79 Å². The molecule has 0 radical (unpaired) electrons. The van der Waals surface area contributed by atoms with Crippen molar-refractivity contribution in [2.24, 2.45) is 17.3 Å². The van der Waals surface area contributed by atoms with Gasteiger partial charge in [0.2, 0.25) is 0 Å². The number of ether oxygens (including phenoxy) is 1. The van der Waals surface area contributed by atoms with E-state index in [0.717, 1.165) is 13.0 Å². The molecule has 0 aromatic heterocycles. The maximum atomic E-state index is 12.7. The Morgan fingerprint density at radius 2 is 2.14 bits per heavy atom. The minimum Gasteiger partial charge on any atom is -0.468 e. The molecule has 1 aromatic carbocycles. The number of hydrogen-bond acceptors (Lipinski definition) is 4. The number of methoxy groups -OCH3 is 1. The van der Waals surface area contributed by atoms with Gasteiger partial charge in [-0.1, -0.05) is 38.1 Å². The number of carbonyl (C=O) groups is 1. The lowest BCUT2D eigenvalue weighted by Gasteiger charge is -2.53. The SMILES string of the molecule is COC(=O)[C@]12[C@H](C)[C@H](C)[C@H]1ON1CCc3ccccc3[C@@H]12. The summed E-state index contributed by atoms with van der Waals surface area (Å²) in [5, 5.41) is 2.03. The van der Waals surface area contributed by atoms with Gasteiger partial charge >= 0.3 is 5.97 Å². The predicted octanol–water partition coefficient (Wildman–Crippen LogP) is 2.34. The molecular formula is C17H21NO3. The summed E-state index contributed by atoms with van der Waals surface area (Å²) in [4.78, 5) is 18.9. The van der Waals surface area contributed by atoms with E-state index in [0.29, 0.717) is 5.92 Å². The Balaban J connectivity index is 1.88. The van der Waals surface area contributed by atoms with Crippen molar-refractivity contribution in [1.82, 2.24) is 5.06 Å². The van der Waals surface area contributed by atoms with Crippen LogP contribution in [0.1, 0.15) is 31.0 Å². The molecule has 0 unspecified atom stereocenters. The van der Waals surface area contributed by atoms with Crippen LogP contribution in [0.2, 0.25) is 0 Å². The summed E-state index contributed by atoms with van der Waals surface area (Å²) in [5.74, 6) is 0.514. The summed E-state index contributed by atoms with van der Waals surface area (Å²) in [6.07, 6.45) is 0.912. The van der Waals surface area contributed by atoms with Crippen LogP contribution in [0, 0.1) is 17.3 Å². The monoisotopic (exact) mass is 287 g/mol. The zero-order chi connectivity index (χ0) is 14.8. The van der Waals surface area contributed by atoms with Crippen LogP contribution in [0.3, 0.4) is 0 Å². The maximum absolute atomic E-state index is 12.7. The largest absolute Gasteiger partial charge is 0.468 e. The number of benzene rings is 1. The highest BCUT2D eigenvalue weighted by atomic mass is 16.7. The van der Waals surface area contributed by atoms with E-state index in [1.54, 1.807) is 0 Å². The van der Waals surface area contributed by atoms with E-state index in [-0.39, 0.29) is 24.0 Å². The van der Waals surface area contributed by atoms with E-state index in [2.05, 4.69) is 32.0 Å². The van der Waals surface area contributed by atoms with Gasteiger partial charge in [-0.25, -0.2) is 0 Å². The Morgan fingerprint density at radius 1 is 1.38 bits per heavy atom. The zero-order valence-electron chi connectivity index (χ0n) is 12.7. The molecule has 1 saturated heterocycles. The van der Waals surface area contributed by atoms with Crippen molar-refractivity contribution in [3.05, 3.63) is 35.4 Å². The first-order valence-corrected chi connectivity index (χ1v) is 7.72. The average molecular weight is 287 g/mol. The summed E-state index contributed by atoms with van der Waals surface area (Å²) >= 11 is 0. The van der Waals surface area contributed by atoms with Crippen molar-refractivity contribution < 1.29 is 14.4 Å². The normalized spacial score (nSPS) is 40.7. The van der Waals surface area contributed by atoms with Gasteiger partial charge in [-0.05, 0) is 29.4 Å². The lowest BCUT2D eigenvalue weighted by molar-refractivity contribution is -0.216. The van der Waals surface area contributed by atoms with E-state index in [4.69, 9.17) is 9.57 Å². The van der Waals surface area contributed by atoms with Crippen molar-refractivity contribution in [2.75, 3.05) is 13.7 Å². The molecule has 112 valence electrons. The molecule has 0 amide bonds. The quantitative estimate of drug-likeness (QED) is 0.743. The van der Waals surface area contributed by atoms with Crippen molar-refractivity contribution in [2.45, 2.75) is 32.4 Å². The van der Waals surface area contributed by atoms with E-state index >= 15 is 0 Å². The molecule has 4 heteroatoms. The van der Waals surface area contributed by atoms with E-state index in [1.165, 1.54) is 18.2 Å². The minimum absolute atomic E-state index is 0.00824. The van der Waals surface area contributed by atoms with Crippen LogP contribution < -0.4 is 0 Å². The third-order valence-corrected chi connectivity index (χ3v) is 5.97. The van der Waals surface area contributed by atoms with Crippen LogP contribution in [0.5, 0.6) is 0 Å². The highest BCUT2D eigenvalue weighted by Gasteiger charge is 2.74. The van der Waals surface area contributed by atoms with Crippen LogP contribution in [0.25, 0.3) is 0 Å². The second-order valence-electron chi connectivity index (χ2n) is 6.59. The van der Waals surface area contributed by atoms with Gasteiger partial charge in [0.05, 0.1) is 13.2 Å². The molecule has 4 nitrogen and oxygen atoms in total. The van der Waals surface area contributed by atoms with Gasteiger partial charge < -0.3 is 4.74 Å². The fourth-order valence-electron chi connectivity index (χ4n) is 4.75. The van der Waals surface area contributed by atoms with Crippen LogP contribution >= 0.6 is 0 Å². The standard InChI is InChI=1S/C17H21NO3/c1-10-11(2)17(16(19)20-3)14-13-7-5-4-6-12(13)8-9-18(14)21-15(10)17/h4-7,10-11,14-15H,8-9H2,1-3H3/t10-,11+,14+,15+,17-/m0/s1. The molecule has 0 N–H and O–H groups in total. The first-order valence-electron chi connectivity index (χ1n) is 7.72. The number of hydrogen-bond donors (Lipinski definition) is 0. The molecule has 0 spiro atoms. The minimum atomic E-state index is -0.551. The van der Waals surface area contributed by atoms with Crippen LogP contribution in [-0.2, 0) is 20.8 Å². The number of carbonyl (C=O) groups excluding carboxylic acids is 1. The maximum Gasteiger partial charge on any atom is 0.316 e. The zero-order valence-corrected chi connectivity index (χ0v) is 12.7. The Labute approximate surface area is 125 Å². The summed E-state index contributed by atoms with van der Waals surface area (Å²) in [6, 6.07) is 8.41. The number of hydroxylamine groups is 2. The smallest absolute Gasteiger partial charge is 0.316 e. The average Bonchev–Trinajstić information content (AvgIpc) is 2.86. The number of fused-ring (bicyclic) bond motifs is 5. The fraction of sp³-hybridized carbons (Fsp3) is 0.588. The summed E-state index contributed by atoms with van der Waals surface area (Å²) in [6.45, 7) is 5.17. The van der Waals surface area contributed by atoms with Crippen molar-refractivity contribution >= 4 is 5.97 Å². The molecule has 3 aliphatic rings. The third kappa shape index (κ3) is 1.40. The molecular weight excluding hydrogens is 266 g/mol. The van der Waals surface area contributed by atoms with Gasteiger partial charge in [0.25, 0.3) is 0 Å². The number of nitrogens with zero attached hydrogens (tertiary/aromatic N) is 1. The topological polar surface area (TPSA) is 38.8 Å². The van der Waals surface area contributed by atoms with Gasteiger partial charge in [0, 0.05) is 6.54 Å². The molecule has 5 atom stereocenters. The molecule has 1 aliphatic carbocycles. The molecule has 1 aromatic rings. The first-order chi connectivity index (χ1) is 10.1. The molecule has 2 fully saturated rings. The summed E-state index contributed by atoms with van der Waals surface area (Å²) < 4.78 is 5.20. The Kier molecular flexibility index (Phi) is 2.72. The second-order valence-corrected chi connectivity index (χ2v) is 6.59. The predicted molar refractivity (Wildman–Crippen MR) is 77.2 cm³/mol. The van der Waals surface area contributed by atoms with Crippen molar-refractivity contribution in [3.63, 3.8) is 0 Å². The molecule has 2 heterocycles. The number of esters is 1. The highest BCUT2D eigenvalue weighted by molar-refractivity contribution is 5.81. The van der Waals surface area contributed by atoms with Gasteiger partial charge in [-0.2, -0.15) is 5.06 Å². The van der Waals surface area contributed by atoms with Gasteiger partial charge in [-0.15, -0.1) is 0 Å². The lowest BCUT2D eigenvalue weighted by Crippen LogP contribution is -2.63. The van der Waals surface area contributed by atoms with Crippen LogP contribution in [0.15, 0.2) is 24.3 Å². The molecule has 2 aliphatic heterocycles. The van der Waals surface area contributed by atoms with Crippen molar-refractivity contribution in [3.8, 4) is 0 Å².